The number of fused-ring (bicyclic) bond motifs is 1. The van der Waals surface area contributed by atoms with Crippen molar-refractivity contribution in [2.45, 2.75) is 57.1 Å². The molecule has 1 aliphatic heterocycles. The number of hydrogen-bond acceptors (Lipinski definition) is 6. The van der Waals surface area contributed by atoms with Crippen molar-refractivity contribution >= 4 is 5.96 Å². The Balaban J connectivity index is 1.27. The Morgan fingerprint density at radius 1 is 1.15 bits per heavy atom. The second-order valence-corrected chi connectivity index (χ2v) is 8.67. The van der Waals surface area contributed by atoms with Crippen LogP contribution in [0.5, 0.6) is 5.75 Å². The van der Waals surface area contributed by atoms with Gasteiger partial charge in [0.15, 0.2) is 11.8 Å². The molecule has 1 fully saturated rings. The predicted molar refractivity (Wildman–Crippen MR) is 126 cm³/mol. The Morgan fingerprint density at radius 3 is 2.82 bits per heavy atom. The van der Waals surface area contributed by atoms with E-state index >= 15 is 0 Å². The van der Waals surface area contributed by atoms with E-state index in [0.717, 1.165) is 37.5 Å². The molecule has 5 rings (SSSR count). The smallest absolute Gasteiger partial charge is 0.276 e. The number of para-hydroxylation sites is 1. The second kappa shape index (κ2) is 9.60. The van der Waals surface area contributed by atoms with Crippen LogP contribution in [0.25, 0.3) is 11.6 Å². The lowest BCUT2D eigenvalue weighted by molar-refractivity contribution is 0.0396. The molecule has 172 valence electrons. The zero-order valence-electron chi connectivity index (χ0n) is 19.0. The van der Waals surface area contributed by atoms with Crippen LogP contribution in [0.3, 0.4) is 0 Å². The molecule has 33 heavy (non-hydrogen) atoms. The van der Waals surface area contributed by atoms with Crippen LogP contribution >= 0.6 is 0 Å². The molecule has 8 heteroatoms. The Labute approximate surface area is 193 Å². The van der Waals surface area contributed by atoms with E-state index in [0.29, 0.717) is 30.4 Å². The summed E-state index contributed by atoms with van der Waals surface area (Å²) in [5.74, 6) is 2.84. The standard InChI is InChI=1S/C25H30N6O2/c1-2-26-24(28-16-12-22-30-23(33-31-22)19-10-5-8-15-27-19)29-20-17-25(13-6-7-14-25)32-21-11-4-3-9-18(20)21/h3-5,8-11,15,20H,2,6-7,12-14,16-17H2,1H3,(H2,26,28,29). The normalized spacial score (nSPS) is 19.2. The first-order valence-corrected chi connectivity index (χ1v) is 11.8. The highest BCUT2D eigenvalue weighted by Gasteiger charge is 2.43. The molecule has 8 nitrogen and oxygen atoms in total. The van der Waals surface area contributed by atoms with Gasteiger partial charge in [-0.05, 0) is 50.8 Å². The molecule has 2 aliphatic rings. The van der Waals surface area contributed by atoms with Crippen LogP contribution in [0.15, 0.2) is 58.2 Å². The third-order valence-corrected chi connectivity index (χ3v) is 6.32. The summed E-state index contributed by atoms with van der Waals surface area (Å²) in [5, 5.41) is 11.1. The molecular weight excluding hydrogens is 416 g/mol. The molecule has 1 saturated carbocycles. The third kappa shape index (κ3) is 4.84. The summed E-state index contributed by atoms with van der Waals surface area (Å²) >= 11 is 0. The summed E-state index contributed by atoms with van der Waals surface area (Å²) < 4.78 is 11.9. The number of hydrogen-bond donors (Lipinski definition) is 2. The van der Waals surface area contributed by atoms with Crippen LogP contribution in [-0.2, 0) is 6.42 Å². The van der Waals surface area contributed by atoms with Gasteiger partial charge in [-0.25, -0.2) is 0 Å². The first-order chi connectivity index (χ1) is 16.2. The number of rotatable bonds is 6. The quantitative estimate of drug-likeness (QED) is 0.435. The van der Waals surface area contributed by atoms with Crippen molar-refractivity contribution in [1.82, 2.24) is 25.8 Å². The topological polar surface area (TPSA) is 97.5 Å². The molecule has 3 heterocycles. The zero-order valence-corrected chi connectivity index (χ0v) is 19.0. The van der Waals surface area contributed by atoms with Crippen LogP contribution in [0.1, 0.15) is 56.5 Å². The maximum Gasteiger partial charge on any atom is 0.276 e. The highest BCUT2D eigenvalue weighted by atomic mass is 16.5. The Hall–Kier alpha value is -3.42. The Bertz CT molecular complexity index is 1090. The van der Waals surface area contributed by atoms with Crippen LogP contribution in [0.4, 0.5) is 0 Å². The van der Waals surface area contributed by atoms with Crippen LogP contribution in [0.2, 0.25) is 0 Å². The fraction of sp³-hybridized carbons (Fsp3) is 0.440. The number of benzene rings is 1. The molecular formula is C25H30N6O2. The zero-order chi connectivity index (χ0) is 22.5. The van der Waals surface area contributed by atoms with Gasteiger partial charge in [0.25, 0.3) is 5.89 Å². The summed E-state index contributed by atoms with van der Waals surface area (Å²) in [6.07, 6.45) is 7.94. The van der Waals surface area contributed by atoms with Crippen LogP contribution in [0, 0.1) is 0 Å². The maximum atomic E-state index is 6.50. The van der Waals surface area contributed by atoms with Crippen molar-refractivity contribution in [3.05, 3.63) is 60.0 Å². The van der Waals surface area contributed by atoms with Gasteiger partial charge in [-0.15, -0.1) is 0 Å². The number of aliphatic imine (C=N–C) groups is 1. The van der Waals surface area contributed by atoms with Gasteiger partial charge in [0.05, 0.1) is 6.04 Å². The van der Waals surface area contributed by atoms with Gasteiger partial charge in [-0.3, -0.25) is 9.98 Å². The van der Waals surface area contributed by atoms with Crippen LogP contribution < -0.4 is 15.4 Å². The fourth-order valence-corrected chi connectivity index (χ4v) is 4.77. The number of guanidine groups is 1. The molecule has 1 aliphatic carbocycles. The van der Waals surface area contributed by atoms with Crippen molar-refractivity contribution < 1.29 is 9.26 Å². The minimum atomic E-state index is -0.0597. The lowest BCUT2D eigenvalue weighted by Gasteiger charge is -2.40. The summed E-state index contributed by atoms with van der Waals surface area (Å²) in [7, 11) is 0. The summed E-state index contributed by atoms with van der Waals surface area (Å²) in [6.45, 7) is 3.41. The molecule has 0 radical (unpaired) electrons. The molecule has 1 atom stereocenters. The minimum absolute atomic E-state index is 0.0597. The molecule has 0 bridgehead atoms. The van der Waals surface area contributed by atoms with Gasteiger partial charge in [-0.2, -0.15) is 4.98 Å². The largest absolute Gasteiger partial charge is 0.487 e. The summed E-state index contributed by atoms with van der Waals surface area (Å²) in [4.78, 5) is 13.5. The van der Waals surface area contributed by atoms with E-state index in [1.807, 2.05) is 24.3 Å². The van der Waals surface area contributed by atoms with Crippen molar-refractivity contribution in [3.63, 3.8) is 0 Å². The monoisotopic (exact) mass is 446 g/mol. The molecule has 2 aromatic heterocycles. The molecule has 1 unspecified atom stereocenters. The van der Waals surface area contributed by atoms with E-state index in [-0.39, 0.29) is 11.6 Å². The van der Waals surface area contributed by atoms with Gasteiger partial charge in [0.1, 0.15) is 17.0 Å². The fourth-order valence-electron chi connectivity index (χ4n) is 4.77. The van der Waals surface area contributed by atoms with Crippen LogP contribution in [-0.4, -0.2) is 39.8 Å². The lowest BCUT2D eigenvalue weighted by Crippen LogP contribution is -2.46. The van der Waals surface area contributed by atoms with E-state index in [1.54, 1.807) is 6.20 Å². The van der Waals surface area contributed by atoms with Gasteiger partial charge < -0.3 is 19.9 Å². The van der Waals surface area contributed by atoms with Crippen molar-refractivity contribution in [2.75, 3.05) is 13.1 Å². The lowest BCUT2D eigenvalue weighted by atomic mass is 9.86. The van der Waals surface area contributed by atoms with Gasteiger partial charge >= 0.3 is 0 Å². The number of aromatic nitrogens is 3. The first kappa shape index (κ1) is 21.4. The first-order valence-electron chi connectivity index (χ1n) is 11.8. The Kier molecular flexibility index (Phi) is 6.24. The number of pyridine rings is 1. The molecule has 0 amide bonds. The van der Waals surface area contributed by atoms with E-state index < -0.39 is 0 Å². The van der Waals surface area contributed by atoms with Crippen molar-refractivity contribution in [3.8, 4) is 17.3 Å². The summed E-state index contributed by atoms with van der Waals surface area (Å²) in [6, 6.07) is 14.1. The number of nitrogens with one attached hydrogen (secondary N) is 2. The predicted octanol–water partition coefficient (Wildman–Crippen LogP) is 4.07. The third-order valence-electron chi connectivity index (χ3n) is 6.32. The van der Waals surface area contributed by atoms with E-state index in [4.69, 9.17) is 14.3 Å². The molecule has 3 aromatic rings. The van der Waals surface area contributed by atoms with Gasteiger partial charge in [-0.1, -0.05) is 29.4 Å². The van der Waals surface area contributed by atoms with Gasteiger partial charge in [0.2, 0.25) is 0 Å². The molecule has 0 saturated heterocycles. The highest BCUT2D eigenvalue weighted by Crippen LogP contribution is 2.46. The molecule has 1 spiro atoms. The minimum Gasteiger partial charge on any atom is -0.487 e. The summed E-state index contributed by atoms with van der Waals surface area (Å²) in [5.41, 5.74) is 1.81. The second-order valence-electron chi connectivity index (χ2n) is 8.67. The number of ether oxygens (including phenoxy) is 1. The van der Waals surface area contributed by atoms with Gasteiger partial charge in [0, 0.05) is 37.7 Å². The average Bonchev–Trinajstić information content (AvgIpc) is 3.50. The maximum absolute atomic E-state index is 6.50. The molecule has 2 N–H and O–H groups in total. The van der Waals surface area contributed by atoms with Crippen molar-refractivity contribution in [1.29, 1.82) is 0 Å². The van der Waals surface area contributed by atoms with E-state index in [2.05, 4.69) is 50.9 Å². The van der Waals surface area contributed by atoms with E-state index in [9.17, 15) is 0 Å². The van der Waals surface area contributed by atoms with Crippen molar-refractivity contribution in [2.24, 2.45) is 4.99 Å². The molecule has 1 aromatic carbocycles. The number of nitrogens with zero attached hydrogens (tertiary/aromatic N) is 4. The SMILES string of the molecule is CCNC(=NCCc1noc(-c2ccccn2)n1)NC1CC2(CCCC2)Oc2ccccc21. The van der Waals surface area contributed by atoms with E-state index in [1.165, 1.54) is 18.4 Å². The highest BCUT2D eigenvalue weighted by molar-refractivity contribution is 5.80. The average molecular weight is 447 g/mol. The Morgan fingerprint density at radius 2 is 2.00 bits per heavy atom.